The molecule has 1 N–H and O–H groups in total. The molecule has 1 saturated heterocycles. The van der Waals surface area contributed by atoms with Gasteiger partial charge in [-0.3, -0.25) is 9.80 Å². The lowest BCUT2D eigenvalue weighted by Gasteiger charge is -2.35. The summed E-state index contributed by atoms with van der Waals surface area (Å²) in [6.45, 7) is 8.37. The van der Waals surface area contributed by atoms with E-state index in [9.17, 15) is 0 Å². The van der Waals surface area contributed by atoms with Crippen molar-refractivity contribution in [3.8, 4) is 0 Å². The summed E-state index contributed by atoms with van der Waals surface area (Å²) in [5, 5.41) is 3.23. The Balaban J connectivity index is 1.41. The Bertz CT molecular complexity index is 340. The fourth-order valence-corrected chi connectivity index (χ4v) is 3.03. The van der Waals surface area contributed by atoms with Crippen LogP contribution in [0.3, 0.4) is 0 Å². The van der Waals surface area contributed by atoms with Gasteiger partial charge >= 0.3 is 0 Å². The molecule has 2 unspecified atom stereocenters. The van der Waals surface area contributed by atoms with Gasteiger partial charge in [0.25, 0.3) is 0 Å². The summed E-state index contributed by atoms with van der Waals surface area (Å²) in [6, 6.07) is 0. The van der Waals surface area contributed by atoms with Crippen LogP contribution < -0.4 is 5.32 Å². The molecule has 18 heavy (non-hydrogen) atoms. The summed E-state index contributed by atoms with van der Waals surface area (Å²) in [7, 11) is 2.03. The van der Waals surface area contributed by atoms with Crippen molar-refractivity contribution in [1.29, 1.82) is 0 Å². The zero-order valence-electron chi connectivity index (χ0n) is 11.4. The van der Waals surface area contributed by atoms with Crippen LogP contribution in [0.2, 0.25) is 0 Å². The van der Waals surface area contributed by atoms with Crippen LogP contribution in [0.25, 0.3) is 0 Å². The van der Waals surface area contributed by atoms with Crippen molar-refractivity contribution in [1.82, 2.24) is 15.1 Å². The van der Waals surface area contributed by atoms with Gasteiger partial charge in [-0.25, -0.2) is 0 Å². The summed E-state index contributed by atoms with van der Waals surface area (Å²) >= 11 is 0. The first-order valence-electron chi connectivity index (χ1n) is 7.33. The van der Waals surface area contributed by atoms with Crippen molar-refractivity contribution in [2.24, 2.45) is 11.8 Å². The minimum Gasteiger partial charge on any atom is -0.318 e. The molecule has 3 heteroatoms. The molecular weight excluding hydrogens is 222 g/mol. The minimum absolute atomic E-state index is 0.891. The molecule has 2 atom stereocenters. The quantitative estimate of drug-likeness (QED) is 0.780. The molecule has 3 nitrogen and oxygen atoms in total. The van der Waals surface area contributed by atoms with E-state index in [1.54, 1.807) is 5.57 Å². The summed E-state index contributed by atoms with van der Waals surface area (Å²) in [5.74, 6) is 1.79. The Morgan fingerprint density at radius 3 is 2.67 bits per heavy atom. The van der Waals surface area contributed by atoms with Crippen LogP contribution in [0.15, 0.2) is 23.8 Å². The van der Waals surface area contributed by atoms with Gasteiger partial charge in [0.15, 0.2) is 0 Å². The molecule has 2 aliphatic carbocycles. The predicted octanol–water partition coefficient (Wildman–Crippen LogP) is 0.956. The molecule has 0 radical (unpaired) electrons. The lowest BCUT2D eigenvalue weighted by atomic mass is 10.1. The summed E-state index contributed by atoms with van der Waals surface area (Å²) in [6.07, 6.45) is 8.69. The monoisotopic (exact) mass is 247 g/mol. The Morgan fingerprint density at radius 2 is 1.94 bits per heavy atom. The molecule has 0 aromatic carbocycles. The number of hydrogen-bond donors (Lipinski definition) is 1. The van der Waals surface area contributed by atoms with E-state index in [1.807, 2.05) is 7.05 Å². The Kier molecular flexibility index (Phi) is 3.83. The molecule has 3 rings (SSSR count). The first-order chi connectivity index (χ1) is 8.85. The maximum absolute atomic E-state index is 3.23. The SMILES string of the molecule is CNCCN1CCN(CC2=CC3CC3C=C2)CC1. The normalized spacial score (nSPS) is 32.2. The molecule has 3 aliphatic rings. The maximum atomic E-state index is 3.23. The van der Waals surface area contributed by atoms with Gasteiger partial charge in [0.1, 0.15) is 0 Å². The number of likely N-dealkylation sites (N-methyl/N-ethyl adjacent to an activating group) is 1. The lowest BCUT2D eigenvalue weighted by molar-refractivity contribution is 0.142. The molecule has 1 saturated carbocycles. The molecule has 0 bridgehead atoms. The molecule has 0 aromatic rings. The highest BCUT2D eigenvalue weighted by atomic mass is 15.3. The highest BCUT2D eigenvalue weighted by molar-refractivity contribution is 5.31. The zero-order valence-corrected chi connectivity index (χ0v) is 11.4. The van der Waals surface area contributed by atoms with Crippen molar-refractivity contribution in [2.75, 3.05) is 52.9 Å². The lowest BCUT2D eigenvalue weighted by Crippen LogP contribution is -2.48. The van der Waals surface area contributed by atoms with Gasteiger partial charge in [-0.2, -0.15) is 0 Å². The van der Waals surface area contributed by atoms with Crippen molar-refractivity contribution >= 4 is 0 Å². The van der Waals surface area contributed by atoms with E-state index >= 15 is 0 Å². The number of nitrogens with one attached hydrogen (secondary N) is 1. The van der Waals surface area contributed by atoms with Crippen molar-refractivity contribution in [2.45, 2.75) is 6.42 Å². The number of allylic oxidation sites excluding steroid dienone is 2. The van der Waals surface area contributed by atoms with Crippen LogP contribution in [0.1, 0.15) is 6.42 Å². The fraction of sp³-hybridized carbons (Fsp3) is 0.733. The highest BCUT2D eigenvalue weighted by Gasteiger charge is 2.35. The van der Waals surface area contributed by atoms with Crippen LogP contribution in [0.5, 0.6) is 0 Å². The number of hydrogen-bond acceptors (Lipinski definition) is 3. The van der Waals surface area contributed by atoms with E-state index in [-0.39, 0.29) is 0 Å². The van der Waals surface area contributed by atoms with E-state index < -0.39 is 0 Å². The molecule has 1 heterocycles. The number of nitrogens with zero attached hydrogens (tertiary/aromatic N) is 2. The molecule has 0 aromatic heterocycles. The van der Waals surface area contributed by atoms with Crippen molar-refractivity contribution in [3.05, 3.63) is 23.8 Å². The number of piperazine rings is 1. The Labute approximate surface area is 111 Å². The van der Waals surface area contributed by atoms with Crippen LogP contribution in [0.4, 0.5) is 0 Å². The predicted molar refractivity (Wildman–Crippen MR) is 75.6 cm³/mol. The number of rotatable bonds is 5. The Morgan fingerprint density at radius 1 is 1.17 bits per heavy atom. The second-order valence-corrected chi connectivity index (χ2v) is 5.89. The Hall–Kier alpha value is -0.640. The average molecular weight is 247 g/mol. The topological polar surface area (TPSA) is 18.5 Å². The third kappa shape index (κ3) is 3.02. The number of fused-ring (bicyclic) bond motifs is 1. The van der Waals surface area contributed by atoms with Crippen LogP contribution in [0, 0.1) is 11.8 Å². The molecule has 0 spiro atoms. The first kappa shape index (κ1) is 12.4. The maximum Gasteiger partial charge on any atom is 0.0231 e. The molecule has 100 valence electrons. The third-order valence-corrected chi connectivity index (χ3v) is 4.43. The molecule has 2 fully saturated rings. The summed E-state index contributed by atoms with van der Waals surface area (Å²) in [4.78, 5) is 5.17. The zero-order chi connectivity index (χ0) is 12.4. The summed E-state index contributed by atoms with van der Waals surface area (Å²) < 4.78 is 0. The summed E-state index contributed by atoms with van der Waals surface area (Å²) in [5.41, 5.74) is 1.55. The minimum atomic E-state index is 0.891. The molecular formula is C15H25N3. The van der Waals surface area contributed by atoms with E-state index in [1.165, 1.54) is 45.7 Å². The van der Waals surface area contributed by atoms with E-state index in [0.717, 1.165) is 18.4 Å². The van der Waals surface area contributed by atoms with Crippen molar-refractivity contribution in [3.63, 3.8) is 0 Å². The highest BCUT2D eigenvalue weighted by Crippen LogP contribution is 2.44. The van der Waals surface area contributed by atoms with Gasteiger partial charge in [0, 0.05) is 45.8 Å². The third-order valence-electron chi connectivity index (χ3n) is 4.43. The van der Waals surface area contributed by atoms with Gasteiger partial charge in [0.2, 0.25) is 0 Å². The average Bonchev–Trinajstić information content (AvgIpc) is 3.16. The van der Waals surface area contributed by atoms with Gasteiger partial charge < -0.3 is 5.32 Å². The second kappa shape index (κ2) is 5.55. The van der Waals surface area contributed by atoms with Gasteiger partial charge in [-0.05, 0) is 30.9 Å². The smallest absolute Gasteiger partial charge is 0.0231 e. The fourth-order valence-electron chi connectivity index (χ4n) is 3.03. The van der Waals surface area contributed by atoms with Gasteiger partial charge in [-0.1, -0.05) is 18.2 Å². The van der Waals surface area contributed by atoms with Gasteiger partial charge in [-0.15, -0.1) is 0 Å². The molecule has 0 amide bonds. The second-order valence-electron chi connectivity index (χ2n) is 5.89. The largest absolute Gasteiger partial charge is 0.318 e. The molecule has 1 aliphatic heterocycles. The first-order valence-corrected chi connectivity index (χ1v) is 7.33. The van der Waals surface area contributed by atoms with Crippen LogP contribution in [-0.4, -0.2) is 62.7 Å². The van der Waals surface area contributed by atoms with Gasteiger partial charge in [0.05, 0.1) is 0 Å². The van der Waals surface area contributed by atoms with Crippen molar-refractivity contribution < 1.29 is 0 Å². The standard InChI is InChI=1S/C15H25N3/c1-16-4-5-17-6-8-18(9-7-17)12-13-2-3-14-11-15(14)10-13/h2-3,10,14-16H,4-9,11-12H2,1H3. The van der Waals surface area contributed by atoms with Crippen LogP contribution in [-0.2, 0) is 0 Å². The van der Waals surface area contributed by atoms with E-state index in [0.29, 0.717) is 0 Å². The van der Waals surface area contributed by atoms with E-state index in [2.05, 4.69) is 33.3 Å². The van der Waals surface area contributed by atoms with E-state index in [4.69, 9.17) is 0 Å². The van der Waals surface area contributed by atoms with Crippen LogP contribution >= 0.6 is 0 Å².